The third-order valence-electron chi connectivity index (χ3n) is 6.13. The Kier molecular flexibility index (Phi) is 6.15. The molecule has 2 atom stereocenters. The lowest BCUT2D eigenvalue weighted by atomic mass is 10.0. The average molecular weight is 525 g/mol. The van der Waals surface area contributed by atoms with Crippen LogP contribution in [0.3, 0.4) is 0 Å². The van der Waals surface area contributed by atoms with Crippen molar-refractivity contribution in [1.29, 1.82) is 0 Å². The molecule has 0 saturated carbocycles. The molecule has 2 aromatic heterocycles. The van der Waals surface area contributed by atoms with Gasteiger partial charge in [0.05, 0.1) is 28.5 Å². The van der Waals surface area contributed by atoms with Gasteiger partial charge in [-0.3, -0.25) is 19.0 Å². The maximum absolute atomic E-state index is 13.0. The fourth-order valence-electron chi connectivity index (χ4n) is 4.31. The van der Waals surface area contributed by atoms with E-state index in [0.29, 0.717) is 27.5 Å². The van der Waals surface area contributed by atoms with Crippen LogP contribution in [-0.4, -0.2) is 47.3 Å². The lowest BCUT2D eigenvalue weighted by molar-refractivity contribution is -0.119. The fourth-order valence-corrected chi connectivity index (χ4v) is 6.46. The number of pyridine rings is 1. The number of nitrogens with one attached hydrogen (secondary N) is 3. The van der Waals surface area contributed by atoms with E-state index in [9.17, 15) is 22.8 Å². The van der Waals surface area contributed by atoms with E-state index < -0.39 is 33.6 Å². The summed E-state index contributed by atoms with van der Waals surface area (Å²) in [4.78, 5) is 40.9. The second kappa shape index (κ2) is 9.29. The molecule has 184 valence electrons. The van der Waals surface area contributed by atoms with Crippen molar-refractivity contribution in [2.75, 3.05) is 16.8 Å². The minimum absolute atomic E-state index is 0.192. The summed E-state index contributed by atoms with van der Waals surface area (Å²) >= 11 is 6.08. The predicted molar refractivity (Wildman–Crippen MR) is 137 cm³/mol. The molecule has 1 saturated heterocycles. The van der Waals surface area contributed by atoms with E-state index in [2.05, 4.69) is 15.6 Å². The van der Waals surface area contributed by atoms with Gasteiger partial charge in [0.1, 0.15) is 0 Å². The number of carbonyl (C=O) groups excluding carboxylic acids is 2. The van der Waals surface area contributed by atoms with Gasteiger partial charge in [0.2, 0.25) is 5.91 Å². The molecule has 0 unspecified atom stereocenters. The van der Waals surface area contributed by atoms with Crippen molar-refractivity contribution in [3.05, 3.63) is 94.0 Å². The summed E-state index contributed by atoms with van der Waals surface area (Å²) in [5.74, 6) is -2.66. The summed E-state index contributed by atoms with van der Waals surface area (Å²) < 4.78 is 26.2. The van der Waals surface area contributed by atoms with Gasteiger partial charge in [0, 0.05) is 46.3 Å². The van der Waals surface area contributed by atoms with Crippen LogP contribution >= 0.6 is 11.6 Å². The normalized spacial score (nSPS) is 18.7. The number of rotatable bonds is 5. The van der Waals surface area contributed by atoms with Crippen molar-refractivity contribution in [3.63, 3.8) is 0 Å². The standard InChI is InChI=1S/C25H21ClN4O5S/c26-20-12-27-21-11-15(4-9-18(20)21)24(32)29-22-14-36(34,35)13-19(22)25(33)28-16-5-7-17(8-6-16)30-10-2-1-3-23(30)31/h1-12,19,22,27H,13-14H2,(H,28,33)(H,29,32)/t19-,22-/m0/s1. The Hall–Kier alpha value is -3.89. The minimum Gasteiger partial charge on any atom is -0.360 e. The van der Waals surface area contributed by atoms with Crippen LogP contribution in [0.2, 0.25) is 5.02 Å². The summed E-state index contributed by atoms with van der Waals surface area (Å²) in [7, 11) is -3.53. The Morgan fingerprint density at radius 1 is 1.03 bits per heavy atom. The number of aromatic nitrogens is 2. The van der Waals surface area contributed by atoms with Crippen LogP contribution in [0.25, 0.3) is 16.6 Å². The first-order valence-corrected chi connectivity index (χ1v) is 13.3. The summed E-state index contributed by atoms with van der Waals surface area (Å²) in [5, 5.41) is 6.72. The van der Waals surface area contributed by atoms with Crippen LogP contribution in [0.4, 0.5) is 5.69 Å². The Morgan fingerprint density at radius 3 is 2.56 bits per heavy atom. The number of carbonyl (C=O) groups is 2. The first-order valence-electron chi connectivity index (χ1n) is 11.1. The highest BCUT2D eigenvalue weighted by Gasteiger charge is 2.42. The molecule has 3 N–H and O–H groups in total. The molecule has 0 radical (unpaired) electrons. The molecule has 0 aliphatic carbocycles. The molecule has 4 aromatic rings. The van der Waals surface area contributed by atoms with Gasteiger partial charge in [0.25, 0.3) is 11.5 Å². The van der Waals surface area contributed by atoms with Gasteiger partial charge in [0.15, 0.2) is 9.84 Å². The largest absolute Gasteiger partial charge is 0.360 e. The van der Waals surface area contributed by atoms with E-state index in [1.54, 1.807) is 67.0 Å². The van der Waals surface area contributed by atoms with Crippen molar-refractivity contribution < 1.29 is 18.0 Å². The second-order valence-corrected chi connectivity index (χ2v) is 11.2. The van der Waals surface area contributed by atoms with Crippen LogP contribution < -0.4 is 16.2 Å². The van der Waals surface area contributed by atoms with E-state index in [1.807, 2.05) is 0 Å². The molecular formula is C25H21ClN4O5S. The predicted octanol–water partition coefficient (Wildman–Crippen LogP) is 2.75. The summed E-state index contributed by atoms with van der Waals surface area (Å²) in [5.41, 5.74) is 1.85. The SMILES string of the molecule is O=C(N[C@H]1CS(=O)(=O)C[C@@H]1C(=O)Nc1ccc(-n2ccccc2=O)cc1)c1ccc2c(Cl)c[nH]c2c1. The van der Waals surface area contributed by atoms with E-state index in [4.69, 9.17) is 11.6 Å². The zero-order valence-electron chi connectivity index (χ0n) is 18.8. The lowest BCUT2D eigenvalue weighted by Gasteiger charge is -2.19. The highest BCUT2D eigenvalue weighted by Crippen LogP contribution is 2.25. The third-order valence-corrected chi connectivity index (χ3v) is 8.18. The van der Waals surface area contributed by atoms with Gasteiger partial charge in [-0.1, -0.05) is 23.7 Å². The molecule has 3 heterocycles. The molecule has 2 amide bonds. The Bertz CT molecular complexity index is 1640. The van der Waals surface area contributed by atoms with Crippen LogP contribution in [0.15, 0.2) is 77.9 Å². The number of fused-ring (bicyclic) bond motifs is 1. The monoisotopic (exact) mass is 524 g/mol. The van der Waals surface area contributed by atoms with Crippen LogP contribution in [-0.2, 0) is 14.6 Å². The van der Waals surface area contributed by atoms with E-state index in [1.165, 1.54) is 10.6 Å². The Balaban J connectivity index is 1.31. The van der Waals surface area contributed by atoms with E-state index >= 15 is 0 Å². The molecule has 1 aliphatic heterocycles. The van der Waals surface area contributed by atoms with Crippen LogP contribution in [0, 0.1) is 5.92 Å². The average Bonchev–Trinajstić information content (AvgIpc) is 3.38. The molecule has 5 rings (SSSR count). The minimum atomic E-state index is -3.53. The number of sulfone groups is 1. The number of amides is 2. The maximum atomic E-state index is 13.0. The van der Waals surface area contributed by atoms with Crippen molar-refractivity contribution in [2.24, 2.45) is 5.92 Å². The smallest absolute Gasteiger partial charge is 0.255 e. The van der Waals surface area contributed by atoms with Gasteiger partial charge >= 0.3 is 0 Å². The number of hydrogen-bond acceptors (Lipinski definition) is 5. The Morgan fingerprint density at radius 2 is 1.81 bits per heavy atom. The maximum Gasteiger partial charge on any atom is 0.255 e. The lowest BCUT2D eigenvalue weighted by Crippen LogP contribution is -2.44. The van der Waals surface area contributed by atoms with E-state index in [-0.39, 0.29) is 17.1 Å². The summed E-state index contributed by atoms with van der Waals surface area (Å²) in [6.07, 6.45) is 3.25. The summed E-state index contributed by atoms with van der Waals surface area (Å²) in [6.45, 7) is 0. The van der Waals surface area contributed by atoms with Crippen LogP contribution in [0.1, 0.15) is 10.4 Å². The zero-order chi connectivity index (χ0) is 25.4. The van der Waals surface area contributed by atoms with Crippen molar-refractivity contribution in [2.45, 2.75) is 6.04 Å². The number of hydrogen-bond donors (Lipinski definition) is 3. The molecule has 36 heavy (non-hydrogen) atoms. The van der Waals surface area contributed by atoms with Gasteiger partial charge < -0.3 is 15.6 Å². The molecule has 9 nitrogen and oxygen atoms in total. The fraction of sp³-hybridized carbons (Fsp3) is 0.160. The first-order chi connectivity index (χ1) is 17.2. The number of nitrogens with zero attached hydrogens (tertiary/aromatic N) is 1. The number of benzene rings is 2. The first kappa shape index (κ1) is 23.8. The van der Waals surface area contributed by atoms with Gasteiger partial charge in [-0.15, -0.1) is 0 Å². The summed E-state index contributed by atoms with van der Waals surface area (Å²) in [6, 6.07) is 15.4. The second-order valence-electron chi connectivity index (χ2n) is 8.61. The number of H-pyrrole nitrogens is 1. The van der Waals surface area contributed by atoms with Crippen molar-refractivity contribution >= 4 is 49.8 Å². The molecule has 0 spiro atoms. The van der Waals surface area contributed by atoms with E-state index in [0.717, 1.165) is 5.39 Å². The number of aromatic amines is 1. The quantitative estimate of drug-likeness (QED) is 0.369. The highest BCUT2D eigenvalue weighted by molar-refractivity contribution is 7.91. The molecule has 11 heteroatoms. The Labute approximate surface area is 211 Å². The van der Waals surface area contributed by atoms with Crippen molar-refractivity contribution in [3.8, 4) is 5.69 Å². The highest BCUT2D eigenvalue weighted by atomic mass is 35.5. The van der Waals surface area contributed by atoms with Gasteiger partial charge in [-0.2, -0.15) is 0 Å². The topological polar surface area (TPSA) is 130 Å². The van der Waals surface area contributed by atoms with Gasteiger partial charge in [-0.25, -0.2) is 8.42 Å². The van der Waals surface area contributed by atoms with Crippen LogP contribution in [0.5, 0.6) is 0 Å². The zero-order valence-corrected chi connectivity index (χ0v) is 20.3. The molecular weight excluding hydrogens is 504 g/mol. The molecule has 1 fully saturated rings. The third kappa shape index (κ3) is 4.77. The number of halogens is 1. The van der Waals surface area contributed by atoms with Gasteiger partial charge in [-0.05, 0) is 42.5 Å². The molecule has 1 aliphatic rings. The molecule has 0 bridgehead atoms. The molecule has 2 aromatic carbocycles. The number of anilines is 1. The van der Waals surface area contributed by atoms with Crippen molar-refractivity contribution in [1.82, 2.24) is 14.9 Å².